The van der Waals surface area contributed by atoms with Crippen LogP contribution in [0.25, 0.3) is 0 Å². The summed E-state index contributed by atoms with van der Waals surface area (Å²) in [6.45, 7) is 6.72. The van der Waals surface area contributed by atoms with Gasteiger partial charge in [-0.15, -0.1) is 11.3 Å². The molecule has 15 heavy (non-hydrogen) atoms. The van der Waals surface area contributed by atoms with Crippen LogP contribution in [0.4, 0.5) is 0 Å². The van der Waals surface area contributed by atoms with Crippen molar-refractivity contribution in [3.63, 3.8) is 0 Å². The first-order chi connectivity index (χ1) is 7.04. The third-order valence-electron chi connectivity index (χ3n) is 2.35. The van der Waals surface area contributed by atoms with E-state index in [-0.39, 0.29) is 12.0 Å². The number of carbonyl (C=O) groups excluding carboxylic acids is 1. The summed E-state index contributed by atoms with van der Waals surface area (Å²) in [5, 5.41) is 3.13. The minimum absolute atomic E-state index is 0.222. The first-order valence-corrected chi connectivity index (χ1v) is 5.73. The Kier molecular flexibility index (Phi) is 4.29. The molecule has 0 aliphatic heterocycles. The molecule has 84 valence electrons. The van der Waals surface area contributed by atoms with Gasteiger partial charge in [-0.2, -0.15) is 0 Å². The highest BCUT2D eigenvalue weighted by Crippen LogP contribution is 2.20. The van der Waals surface area contributed by atoms with E-state index in [1.807, 2.05) is 0 Å². The highest BCUT2D eigenvalue weighted by molar-refractivity contribution is 7.12. The molecule has 1 unspecified atom stereocenters. The number of esters is 1. The summed E-state index contributed by atoms with van der Waals surface area (Å²) in [6.07, 6.45) is 0. The zero-order valence-electron chi connectivity index (χ0n) is 9.59. The molecule has 0 spiro atoms. The second-order valence-electron chi connectivity index (χ2n) is 3.58. The van der Waals surface area contributed by atoms with Gasteiger partial charge in [-0.05, 0) is 32.4 Å². The SMILES string of the molecule is COC(=O)C(C)NCc1cc(C)c(C)s1. The Morgan fingerprint density at radius 3 is 2.73 bits per heavy atom. The van der Waals surface area contributed by atoms with E-state index in [4.69, 9.17) is 0 Å². The minimum atomic E-state index is -0.252. The number of aryl methyl sites for hydroxylation is 2. The number of rotatable bonds is 4. The van der Waals surface area contributed by atoms with Gasteiger partial charge in [0.1, 0.15) is 6.04 Å². The summed E-state index contributed by atoms with van der Waals surface area (Å²) in [5.41, 5.74) is 1.31. The molecule has 0 fully saturated rings. The van der Waals surface area contributed by atoms with E-state index in [0.29, 0.717) is 0 Å². The van der Waals surface area contributed by atoms with Crippen LogP contribution >= 0.6 is 11.3 Å². The number of nitrogens with one attached hydrogen (secondary N) is 1. The number of ether oxygens (including phenoxy) is 1. The quantitative estimate of drug-likeness (QED) is 0.800. The van der Waals surface area contributed by atoms with E-state index >= 15 is 0 Å². The molecule has 0 aliphatic carbocycles. The number of carbonyl (C=O) groups is 1. The molecule has 0 aliphatic rings. The maximum absolute atomic E-state index is 11.1. The summed E-state index contributed by atoms with van der Waals surface area (Å²) in [5.74, 6) is -0.222. The Labute approximate surface area is 94.5 Å². The Bertz CT molecular complexity index is 327. The fraction of sp³-hybridized carbons (Fsp3) is 0.545. The molecule has 0 bridgehead atoms. The molecule has 0 amide bonds. The molecule has 1 aromatic rings. The van der Waals surface area contributed by atoms with Crippen molar-refractivity contribution in [2.24, 2.45) is 0 Å². The molecule has 3 nitrogen and oxygen atoms in total. The molecule has 1 aromatic heterocycles. The average Bonchev–Trinajstić information content (AvgIpc) is 2.54. The van der Waals surface area contributed by atoms with Crippen LogP contribution in [0.5, 0.6) is 0 Å². The number of methoxy groups -OCH3 is 1. The van der Waals surface area contributed by atoms with Crippen molar-refractivity contribution in [3.8, 4) is 0 Å². The van der Waals surface area contributed by atoms with Crippen molar-refractivity contribution < 1.29 is 9.53 Å². The molecule has 0 radical (unpaired) electrons. The minimum Gasteiger partial charge on any atom is -0.468 e. The fourth-order valence-electron chi connectivity index (χ4n) is 1.25. The largest absolute Gasteiger partial charge is 0.468 e. The van der Waals surface area contributed by atoms with Gasteiger partial charge in [-0.1, -0.05) is 0 Å². The molecular formula is C11H17NO2S. The predicted octanol–water partition coefficient (Wildman–Crippen LogP) is 2.02. The summed E-state index contributed by atoms with van der Waals surface area (Å²) in [4.78, 5) is 13.7. The Morgan fingerprint density at radius 1 is 1.60 bits per heavy atom. The second-order valence-corrected chi connectivity index (χ2v) is 4.92. The molecule has 0 saturated heterocycles. The predicted molar refractivity (Wildman–Crippen MR) is 62.1 cm³/mol. The van der Waals surface area contributed by atoms with Crippen LogP contribution in [0.3, 0.4) is 0 Å². The Hall–Kier alpha value is -0.870. The highest BCUT2D eigenvalue weighted by Gasteiger charge is 2.12. The van der Waals surface area contributed by atoms with Crippen molar-refractivity contribution in [2.75, 3.05) is 7.11 Å². The fourth-order valence-corrected chi connectivity index (χ4v) is 2.26. The summed E-state index contributed by atoms with van der Waals surface area (Å²) in [7, 11) is 1.40. The summed E-state index contributed by atoms with van der Waals surface area (Å²) >= 11 is 1.76. The van der Waals surface area contributed by atoms with E-state index in [1.165, 1.54) is 22.4 Å². The molecule has 4 heteroatoms. The zero-order valence-corrected chi connectivity index (χ0v) is 10.4. The maximum Gasteiger partial charge on any atom is 0.322 e. The van der Waals surface area contributed by atoms with Gasteiger partial charge in [0.25, 0.3) is 0 Å². The standard InChI is InChI=1S/C11H17NO2S/c1-7-5-10(15-9(7)3)6-12-8(2)11(13)14-4/h5,8,12H,6H2,1-4H3. The second kappa shape index (κ2) is 5.28. The van der Waals surface area contributed by atoms with Gasteiger partial charge in [0, 0.05) is 16.3 Å². The van der Waals surface area contributed by atoms with Gasteiger partial charge < -0.3 is 4.74 Å². The molecule has 1 N–H and O–H groups in total. The smallest absolute Gasteiger partial charge is 0.322 e. The normalized spacial score (nSPS) is 12.5. The van der Waals surface area contributed by atoms with E-state index in [9.17, 15) is 4.79 Å². The lowest BCUT2D eigenvalue weighted by Gasteiger charge is -2.09. The van der Waals surface area contributed by atoms with Gasteiger partial charge in [0.2, 0.25) is 0 Å². The molecule has 0 aromatic carbocycles. The van der Waals surface area contributed by atoms with Gasteiger partial charge in [-0.3, -0.25) is 10.1 Å². The zero-order chi connectivity index (χ0) is 11.4. The van der Waals surface area contributed by atoms with Crippen LogP contribution in [0.2, 0.25) is 0 Å². The van der Waals surface area contributed by atoms with Crippen molar-refractivity contribution in [2.45, 2.75) is 33.4 Å². The van der Waals surface area contributed by atoms with Crippen LogP contribution in [-0.4, -0.2) is 19.1 Å². The van der Waals surface area contributed by atoms with Crippen LogP contribution in [0, 0.1) is 13.8 Å². The summed E-state index contributed by atoms with van der Waals surface area (Å²) < 4.78 is 4.63. The van der Waals surface area contributed by atoms with Crippen LogP contribution < -0.4 is 5.32 Å². The van der Waals surface area contributed by atoms with Crippen LogP contribution in [-0.2, 0) is 16.1 Å². The van der Waals surface area contributed by atoms with E-state index < -0.39 is 0 Å². The Balaban J connectivity index is 2.47. The number of hydrogen-bond acceptors (Lipinski definition) is 4. The maximum atomic E-state index is 11.1. The number of thiophene rings is 1. The van der Waals surface area contributed by atoms with E-state index in [0.717, 1.165) is 6.54 Å². The average molecular weight is 227 g/mol. The molecular weight excluding hydrogens is 210 g/mol. The number of hydrogen-bond donors (Lipinski definition) is 1. The van der Waals surface area contributed by atoms with Gasteiger partial charge in [0.05, 0.1) is 7.11 Å². The molecule has 0 saturated carbocycles. The first-order valence-electron chi connectivity index (χ1n) is 4.91. The van der Waals surface area contributed by atoms with Crippen molar-refractivity contribution >= 4 is 17.3 Å². The lowest BCUT2D eigenvalue weighted by atomic mass is 10.3. The van der Waals surface area contributed by atoms with Crippen LogP contribution in [0.15, 0.2) is 6.07 Å². The molecule has 1 heterocycles. The summed E-state index contributed by atoms with van der Waals surface area (Å²) in [6, 6.07) is 1.90. The van der Waals surface area contributed by atoms with E-state index in [1.54, 1.807) is 18.3 Å². The first kappa shape index (κ1) is 12.2. The van der Waals surface area contributed by atoms with Crippen LogP contribution in [0.1, 0.15) is 22.2 Å². The Morgan fingerprint density at radius 2 is 2.27 bits per heavy atom. The van der Waals surface area contributed by atoms with Gasteiger partial charge >= 0.3 is 5.97 Å². The van der Waals surface area contributed by atoms with Crippen molar-refractivity contribution in [3.05, 3.63) is 21.4 Å². The molecule has 1 atom stereocenters. The third kappa shape index (κ3) is 3.32. The van der Waals surface area contributed by atoms with Crippen molar-refractivity contribution in [1.29, 1.82) is 0 Å². The lowest BCUT2D eigenvalue weighted by Crippen LogP contribution is -2.34. The highest BCUT2D eigenvalue weighted by atomic mass is 32.1. The van der Waals surface area contributed by atoms with Crippen molar-refractivity contribution in [1.82, 2.24) is 5.32 Å². The monoisotopic (exact) mass is 227 g/mol. The topological polar surface area (TPSA) is 38.3 Å². The van der Waals surface area contributed by atoms with Gasteiger partial charge in [-0.25, -0.2) is 0 Å². The van der Waals surface area contributed by atoms with Gasteiger partial charge in [0.15, 0.2) is 0 Å². The lowest BCUT2D eigenvalue weighted by molar-refractivity contribution is -0.142. The molecule has 1 rings (SSSR count). The van der Waals surface area contributed by atoms with E-state index in [2.05, 4.69) is 30.0 Å². The third-order valence-corrected chi connectivity index (χ3v) is 3.51.